The van der Waals surface area contributed by atoms with E-state index in [1.54, 1.807) is 18.2 Å². The number of hydrogen-bond acceptors (Lipinski definition) is 2. The molecule has 0 unspecified atom stereocenters. The molecule has 0 aromatic heterocycles. The summed E-state index contributed by atoms with van der Waals surface area (Å²) >= 11 is 3.48. The van der Waals surface area contributed by atoms with Crippen molar-refractivity contribution in [1.82, 2.24) is 0 Å². The van der Waals surface area contributed by atoms with E-state index in [4.69, 9.17) is 9.84 Å². The van der Waals surface area contributed by atoms with Gasteiger partial charge in [-0.2, -0.15) is 0 Å². The first-order valence-corrected chi connectivity index (χ1v) is 6.99. The fraction of sp³-hybridized carbons (Fsp3) is 0.188. The normalized spacial score (nSPS) is 10.3. The summed E-state index contributed by atoms with van der Waals surface area (Å²) in [5, 5.41) is 9.14. The van der Waals surface area contributed by atoms with E-state index in [9.17, 15) is 4.79 Å². The molecule has 1 N–H and O–H groups in total. The number of carboxylic acids is 1. The van der Waals surface area contributed by atoms with Crippen molar-refractivity contribution in [2.24, 2.45) is 0 Å². The molecule has 0 aliphatic carbocycles. The van der Waals surface area contributed by atoms with Gasteiger partial charge in [-0.1, -0.05) is 24.3 Å². The van der Waals surface area contributed by atoms with Gasteiger partial charge in [0.25, 0.3) is 0 Å². The average Bonchev–Trinajstić information content (AvgIpc) is 2.37. The van der Waals surface area contributed by atoms with Crippen molar-refractivity contribution in [3.05, 3.63) is 63.1 Å². The highest BCUT2D eigenvalue weighted by Crippen LogP contribution is 2.31. The largest absolute Gasteiger partial charge is 0.487 e. The maximum atomic E-state index is 11.1. The zero-order chi connectivity index (χ0) is 14.7. The van der Waals surface area contributed by atoms with Gasteiger partial charge in [0.15, 0.2) is 0 Å². The molecule has 20 heavy (non-hydrogen) atoms. The van der Waals surface area contributed by atoms with Crippen molar-refractivity contribution in [3.8, 4) is 5.75 Å². The van der Waals surface area contributed by atoms with Crippen LogP contribution < -0.4 is 4.74 Å². The molecule has 0 bridgehead atoms. The summed E-state index contributed by atoms with van der Waals surface area (Å²) in [5.41, 5.74) is 3.10. The standard InChI is InChI=1S/C16H15BrO3/c1-10-7-11(2)15(14(17)8-10)20-9-12-5-3-4-6-13(12)16(18)19/h3-8H,9H2,1-2H3,(H,18,19). The van der Waals surface area contributed by atoms with Gasteiger partial charge in [-0.15, -0.1) is 0 Å². The van der Waals surface area contributed by atoms with Crippen molar-refractivity contribution in [1.29, 1.82) is 0 Å². The van der Waals surface area contributed by atoms with Crippen molar-refractivity contribution in [2.45, 2.75) is 20.5 Å². The maximum Gasteiger partial charge on any atom is 0.336 e. The number of aromatic carboxylic acids is 1. The number of benzene rings is 2. The van der Waals surface area contributed by atoms with E-state index in [2.05, 4.69) is 15.9 Å². The van der Waals surface area contributed by atoms with Gasteiger partial charge in [0, 0.05) is 5.56 Å². The first-order chi connectivity index (χ1) is 9.49. The molecule has 0 fully saturated rings. The minimum absolute atomic E-state index is 0.227. The minimum Gasteiger partial charge on any atom is -0.487 e. The topological polar surface area (TPSA) is 46.5 Å². The molecule has 0 heterocycles. The number of carbonyl (C=O) groups is 1. The lowest BCUT2D eigenvalue weighted by Gasteiger charge is -2.13. The van der Waals surface area contributed by atoms with Crippen LogP contribution in [0.1, 0.15) is 27.0 Å². The van der Waals surface area contributed by atoms with Gasteiger partial charge in [0.1, 0.15) is 12.4 Å². The molecular formula is C16H15BrO3. The average molecular weight is 335 g/mol. The Morgan fingerprint density at radius 2 is 1.95 bits per heavy atom. The predicted octanol–water partition coefficient (Wildman–Crippen LogP) is 4.34. The molecular weight excluding hydrogens is 320 g/mol. The molecule has 0 radical (unpaired) electrons. The van der Waals surface area contributed by atoms with Crippen molar-refractivity contribution < 1.29 is 14.6 Å². The van der Waals surface area contributed by atoms with Crippen LogP contribution in [0.5, 0.6) is 5.75 Å². The third kappa shape index (κ3) is 3.20. The van der Waals surface area contributed by atoms with E-state index in [0.717, 1.165) is 21.3 Å². The first-order valence-electron chi connectivity index (χ1n) is 6.20. The van der Waals surface area contributed by atoms with Crippen LogP contribution in [0.25, 0.3) is 0 Å². The summed E-state index contributed by atoms with van der Waals surface area (Å²) in [4.78, 5) is 11.1. The summed E-state index contributed by atoms with van der Waals surface area (Å²) in [6.07, 6.45) is 0. The molecule has 0 aliphatic rings. The van der Waals surface area contributed by atoms with Crippen LogP contribution in [0.15, 0.2) is 40.9 Å². The van der Waals surface area contributed by atoms with Crippen LogP contribution in [-0.4, -0.2) is 11.1 Å². The Kier molecular flexibility index (Phi) is 4.45. The third-order valence-corrected chi connectivity index (χ3v) is 3.58. The zero-order valence-electron chi connectivity index (χ0n) is 11.3. The van der Waals surface area contributed by atoms with Gasteiger partial charge < -0.3 is 9.84 Å². The lowest BCUT2D eigenvalue weighted by Crippen LogP contribution is -2.06. The van der Waals surface area contributed by atoms with Crippen molar-refractivity contribution in [3.63, 3.8) is 0 Å². The van der Waals surface area contributed by atoms with Gasteiger partial charge in [0.05, 0.1) is 10.0 Å². The molecule has 0 spiro atoms. The molecule has 0 saturated heterocycles. The lowest BCUT2D eigenvalue weighted by atomic mass is 10.1. The second-order valence-corrected chi connectivity index (χ2v) is 5.50. The lowest BCUT2D eigenvalue weighted by molar-refractivity contribution is 0.0694. The Morgan fingerprint density at radius 3 is 2.60 bits per heavy atom. The predicted molar refractivity (Wildman–Crippen MR) is 81.3 cm³/mol. The van der Waals surface area contributed by atoms with E-state index in [1.165, 1.54) is 0 Å². The highest BCUT2D eigenvalue weighted by Gasteiger charge is 2.11. The molecule has 2 aromatic carbocycles. The Bertz CT molecular complexity index is 627. The van der Waals surface area contributed by atoms with E-state index in [-0.39, 0.29) is 12.2 Å². The van der Waals surface area contributed by atoms with E-state index < -0.39 is 5.97 Å². The highest BCUT2D eigenvalue weighted by atomic mass is 79.9. The summed E-state index contributed by atoms with van der Waals surface area (Å²) in [6.45, 7) is 4.21. The van der Waals surface area contributed by atoms with Crippen molar-refractivity contribution in [2.75, 3.05) is 0 Å². The second-order valence-electron chi connectivity index (χ2n) is 4.64. The van der Waals surface area contributed by atoms with Crippen LogP contribution in [-0.2, 0) is 6.61 Å². The maximum absolute atomic E-state index is 11.1. The summed E-state index contributed by atoms with van der Waals surface area (Å²) in [7, 11) is 0. The Labute approximate surface area is 126 Å². The molecule has 3 nitrogen and oxygen atoms in total. The minimum atomic E-state index is -0.941. The third-order valence-electron chi connectivity index (χ3n) is 2.99. The molecule has 4 heteroatoms. The van der Waals surface area contributed by atoms with Crippen molar-refractivity contribution >= 4 is 21.9 Å². The Hall–Kier alpha value is -1.81. The van der Waals surface area contributed by atoms with Gasteiger partial charge in [0.2, 0.25) is 0 Å². The molecule has 0 aliphatic heterocycles. The van der Waals surface area contributed by atoms with Gasteiger partial charge >= 0.3 is 5.97 Å². The van der Waals surface area contributed by atoms with E-state index in [1.807, 2.05) is 32.0 Å². The van der Waals surface area contributed by atoms with Gasteiger partial charge in [-0.25, -0.2) is 4.79 Å². The van der Waals surface area contributed by atoms with Gasteiger partial charge in [-0.05, 0) is 53.0 Å². The van der Waals surface area contributed by atoms with E-state index >= 15 is 0 Å². The number of hydrogen-bond donors (Lipinski definition) is 1. The fourth-order valence-corrected chi connectivity index (χ4v) is 2.88. The van der Waals surface area contributed by atoms with Crippen LogP contribution in [0.2, 0.25) is 0 Å². The SMILES string of the molecule is Cc1cc(C)c(OCc2ccccc2C(=O)O)c(Br)c1. The molecule has 2 aromatic rings. The quantitative estimate of drug-likeness (QED) is 0.904. The fourth-order valence-electron chi connectivity index (χ4n) is 2.09. The van der Waals surface area contributed by atoms with Crippen LogP contribution in [0, 0.1) is 13.8 Å². The van der Waals surface area contributed by atoms with Crippen LogP contribution in [0.3, 0.4) is 0 Å². The molecule has 2 rings (SSSR count). The summed E-state index contributed by atoms with van der Waals surface area (Å²) in [6, 6.07) is 10.9. The van der Waals surface area contributed by atoms with Crippen LogP contribution in [0.4, 0.5) is 0 Å². The molecule has 0 atom stereocenters. The summed E-state index contributed by atoms with van der Waals surface area (Å²) < 4.78 is 6.67. The van der Waals surface area contributed by atoms with Crippen LogP contribution >= 0.6 is 15.9 Å². The number of ether oxygens (including phenoxy) is 1. The molecule has 104 valence electrons. The monoisotopic (exact) mass is 334 g/mol. The first kappa shape index (κ1) is 14.6. The smallest absolute Gasteiger partial charge is 0.336 e. The summed E-state index contributed by atoms with van der Waals surface area (Å²) in [5.74, 6) is -0.195. The number of halogens is 1. The number of rotatable bonds is 4. The van der Waals surface area contributed by atoms with Gasteiger partial charge in [-0.3, -0.25) is 0 Å². The molecule has 0 amide bonds. The number of aryl methyl sites for hydroxylation is 2. The second kappa shape index (κ2) is 6.09. The molecule has 0 saturated carbocycles. The number of carboxylic acid groups (broad SMARTS) is 1. The Morgan fingerprint density at radius 1 is 1.25 bits per heavy atom. The van der Waals surface area contributed by atoms with E-state index in [0.29, 0.717) is 5.56 Å². The zero-order valence-corrected chi connectivity index (χ0v) is 12.9. The highest BCUT2D eigenvalue weighted by molar-refractivity contribution is 9.10. The Balaban J connectivity index is 2.24.